The summed E-state index contributed by atoms with van der Waals surface area (Å²) in [6.45, 7) is 3.92. The van der Waals surface area contributed by atoms with Gasteiger partial charge in [0.1, 0.15) is 6.10 Å². The standard InChI is InChI=1S/C13H16N2O/c1-10(2)16-14-8-11-9-15(3)13-7-5-4-6-12(11)13/h4-10H,1-3H3/b14-8+. The van der Waals surface area contributed by atoms with Crippen LogP contribution in [0.5, 0.6) is 0 Å². The summed E-state index contributed by atoms with van der Waals surface area (Å²) in [7, 11) is 2.03. The number of para-hydroxylation sites is 1. The number of aryl methyl sites for hydroxylation is 1. The first-order valence-electron chi connectivity index (χ1n) is 5.41. The highest BCUT2D eigenvalue weighted by Gasteiger charge is 2.03. The molecule has 0 spiro atoms. The molecule has 0 aliphatic heterocycles. The van der Waals surface area contributed by atoms with Crippen molar-refractivity contribution < 1.29 is 4.84 Å². The Morgan fingerprint density at radius 1 is 1.31 bits per heavy atom. The molecular formula is C13H16N2O. The zero-order chi connectivity index (χ0) is 11.5. The molecule has 2 aromatic rings. The average Bonchev–Trinajstić information content (AvgIpc) is 2.57. The number of hydrogen-bond donors (Lipinski definition) is 0. The minimum atomic E-state index is 0.117. The van der Waals surface area contributed by atoms with Crippen molar-refractivity contribution in [2.75, 3.05) is 0 Å². The predicted molar refractivity (Wildman–Crippen MR) is 66.7 cm³/mol. The molecule has 1 heterocycles. The number of nitrogens with zero attached hydrogens (tertiary/aromatic N) is 2. The fourth-order valence-corrected chi connectivity index (χ4v) is 1.68. The van der Waals surface area contributed by atoms with Crippen molar-refractivity contribution in [1.82, 2.24) is 4.57 Å². The first kappa shape index (κ1) is 10.7. The third-order valence-corrected chi connectivity index (χ3v) is 2.39. The summed E-state index contributed by atoms with van der Waals surface area (Å²) in [6, 6.07) is 8.25. The molecule has 2 rings (SSSR count). The number of rotatable bonds is 3. The summed E-state index contributed by atoms with van der Waals surface area (Å²) in [5.74, 6) is 0. The number of benzene rings is 1. The van der Waals surface area contributed by atoms with Crippen LogP contribution in [0.3, 0.4) is 0 Å². The maximum Gasteiger partial charge on any atom is 0.122 e. The van der Waals surface area contributed by atoms with Gasteiger partial charge in [0, 0.05) is 29.7 Å². The van der Waals surface area contributed by atoms with Crippen molar-refractivity contribution in [3.63, 3.8) is 0 Å². The smallest absolute Gasteiger partial charge is 0.122 e. The van der Waals surface area contributed by atoms with E-state index < -0.39 is 0 Å². The molecule has 0 fully saturated rings. The fourth-order valence-electron chi connectivity index (χ4n) is 1.68. The van der Waals surface area contributed by atoms with Crippen molar-refractivity contribution in [2.24, 2.45) is 12.2 Å². The van der Waals surface area contributed by atoms with E-state index in [0.717, 1.165) is 5.56 Å². The Labute approximate surface area is 95.3 Å². The maximum atomic E-state index is 5.16. The lowest BCUT2D eigenvalue weighted by molar-refractivity contribution is 0.0874. The second-order valence-corrected chi connectivity index (χ2v) is 4.10. The van der Waals surface area contributed by atoms with Crippen LogP contribution in [0, 0.1) is 0 Å². The van der Waals surface area contributed by atoms with Crippen LogP contribution >= 0.6 is 0 Å². The largest absolute Gasteiger partial charge is 0.393 e. The van der Waals surface area contributed by atoms with Crippen molar-refractivity contribution in [3.8, 4) is 0 Å². The summed E-state index contributed by atoms with van der Waals surface area (Å²) >= 11 is 0. The Balaban J connectivity index is 2.34. The van der Waals surface area contributed by atoms with Gasteiger partial charge in [0.2, 0.25) is 0 Å². The van der Waals surface area contributed by atoms with E-state index in [1.165, 1.54) is 10.9 Å². The molecule has 0 amide bonds. The Morgan fingerprint density at radius 3 is 2.81 bits per heavy atom. The van der Waals surface area contributed by atoms with Crippen LogP contribution in [-0.2, 0) is 11.9 Å². The fraction of sp³-hybridized carbons (Fsp3) is 0.308. The minimum Gasteiger partial charge on any atom is -0.393 e. The molecule has 0 unspecified atom stereocenters. The van der Waals surface area contributed by atoms with E-state index in [1.807, 2.05) is 33.0 Å². The van der Waals surface area contributed by atoms with Gasteiger partial charge in [0.05, 0.1) is 6.21 Å². The molecule has 0 atom stereocenters. The Hall–Kier alpha value is -1.77. The lowest BCUT2D eigenvalue weighted by atomic mass is 10.2. The zero-order valence-corrected chi connectivity index (χ0v) is 9.84. The molecule has 0 radical (unpaired) electrons. The molecule has 0 bridgehead atoms. The van der Waals surface area contributed by atoms with Gasteiger partial charge in [-0.3, -0.25) is 0 Å². The Bertz CT molecular complexity index is 512. The first-order valence-corrected chi connectivity index (χ1v) is 5.41. The molecule has 0 saturated carbocycles. The molecular weight excluding hydrogens is 200 g/mol. The van der Waals surface area contributed by atoms with Crippen molar-refractivity contribution in [1.29, 1.82) is 0 Å². The summed E-state index contributed by atoms with van der Waals surface area (Å²) in [5.41, 5.74) is 2.28. The SMILES string of the molecule is CC(C)O/N=C/c1cn(C)c2ccccc12. The molecule has 16 heavy (non-hydrogen) atoms. The van der Waals surface area contributed by atoms with E-state index >= 15 is 0 Å². The second-order valence-electron chi connectivity index (χ2n) is 4.10. The van der Waals surface area contributed by atoms with Gasteiger partial charge in [-0.1, -0.05) is 23.4 Å². The lowest BCUT2D eigenvalue weighted by Crippen LogP contribution is -1.95. The molecule has 0 aliphatic carbocycles. The van der Waals surface area contributed by atoms with Gasteiger partial charge >= 0.3 is 0 Å². The Morgan fingerprint density at radius 2 is 2.06 bits per heavy atom. The van der Waals surface area contributed by atoms with Crippen LogP contribution in [0.2, 0.25) is 0 Å². The van der Waals surface area contributed by atoms with Gasteiger partial charge in [-0.15, -0.1) is 0 Å². The van der Waals surface area contributed by atoms with Crippen molar-refractivity contribution in [3.05, 3.63) is 36.0 Å². The summed E-state index contributed by atoms with van der Waals surface area (Å²) in [4.78, 5) is 5.16. The van der Waals surface area contributed by atoms with Gasteiger partial charge in [0.15, 0.2) is 0 Å². The monoisotopic (exact) mass is 216 g/mol. The third kappa shape index (κ3) is 2.08. The van der Waals surface area contributed by atoms with Gasteiger partial charge in [-0.2, -0.15) is 0 Å². The number of aromatic nitrogens is 1. The average molecular weight is 216 g/mol. The van der Waals surface area contributed by atoms with Gasteiger partial charge in [-0.25, -0.2) is 0 Å². The second kappa shape index (κ2) is 4.39. The van der Waals surface area contributed by atoms with E-state index in [-0.39, 0.29) is 6.10 Å². The number of fused-ring (bicyclic) bond motifs is 1. The number of oxime groups is 1. The highest BCUT2D eigenvalue weighted by atomic mass is 16.6. The van der Waals surface area contributed by atoms with Crippen molar-refractivity contribution >= 4 is 17.1 Å². The maximum absolute atomic E-state index is 5.16. The molecule has 3 heteroatoms. The van der Waals surface area contributed by atoms with E-state index in [9.17, 15) is 0 Å². The minimum absolute atomic E-state index is 0.117. The zero-order valence-electron chi connectivity index (χ0n) is 9.84. The first-order chi connectivity index (χ1) is 7.68. The van der Waals surface area contributed by atoms with Gasteiger partial charge < -0.3 is 9.40 Å². The van der Waals surface area contributed by atoms with Crippen LogP contribution in [0.4, 0.5) is 0 Å². The molecule has 0 aliphatic rings. The summed E-state index contributed by atoms with van der Waals surface area (Å²) < 4.78 is 2.09. The van der Waals surface area contributed by atoms with Gasteiger partial charge in [-0.05, 0) is 19.9 Å². The summed E-state index contributed by atoms with van der Waals surface area (Å²) in [5, 5.41) is 5.16. The van der Waals surface area contributed by atoms with E-state index in [0.29, 0.717) is 0 Å². The van der Waals surface area contributed by atoms with Crippen LogP contribution in [-0.4, -0.2) is 16.9 Å². The van der Waals surface area contributed by atoms with Crippen LogP contribution in [0.1, 0.15) is 19.4 Å². The van der Waals surface area contributed by atoms with E-state index in [2.05, 4.69) is 28.1 Å². The predicted octanol–water partition coefficient (Wildman–Crippen LogP) is 2.94. The molecule has 3 nitrogen and oxygen atoms in total. The highest BCUT2D eigenvalue weighted by Crippen LogP contribution is 2.18. The molecule has 0 N–H and O–H groups in total. The Kier molecular flexibility index (Phi) is 2.95. The quantitative estimate of drug-likeness (QED) is 0.572. The van der Waals surface area contributed by atoms with Crippen LogP contribution in [0.25, 0.3) is 10.9 Å². The molecule has 0 saturated heterocycles. The normalized spacial score (nSPS) is 11.8. The topological polar surface area (TPSA) is 26.5 Å². The molecule has 1 aromatic carbocycles. The van der Waals surface area contributed by atoms with Crippen LogP contribution in [0.15, 0.2) is 35.6 Å². The highest BCUT2D eigenvalue weighted by molar-refractivity contribution is 5.99. The lowest BCUT2D eigenvalue weighted by Gasteiger charge is -1.99. The number of hydrogen-bond acceptors (Lipinski definition) is 2. The van der Waals surface area contributed by atoms with E-state index in [1.54, 1.807) is 6.21 Å². The molecule has 84 valence electrons. The van der Waals surface area contributed by atoms with E-state index in [4.69, 9.17) is 4.84 Å². The van der Waals surface area contributed by atoms with Crippen LogP contribution < -0.4 is 0 Å². The van der Waals surface area contributed by atoms with Gasteiger partial charge in [0.25, 0.3) is 0 Å². The third-order valence-electron chi connectivity index (χ3n) is 2.39. The summed E-state index contributed by atoms with van der Waals surface area (Å²) in [6.07, 6.45) is 3.94. The van der Waals surface area contributed by atoms with Crippen molar-refractivity contribution in [2.45, 2.75) is 20.0 Å². The molecule has 1 aromatic heterocycles.